The maximum absolute atomic E-state index is 2.18. The number of hydrogen-bond donors (Lipinski definition) is 0. The molecule has 0 unspecified atom stereocenters. The van der Waals surface area contributed by atoms with Gasteiger partial charge in [-0.15, -0.1) is 0 Å². The van der Waals surface area contributed by atoms with Crippen LogP contribution in [-0.2, 0) is 0 Å². The van der Waals surface area contributed by atoms with Gasteiger partial charge in [-0.05, 0) is 32.2 Å². The molecule has 0 aliphatic heterocycles. The van der Waals surface area contributed by atoms with Crippen LogP contribution in [0.15, 0.2) is 36.4 Å². The Morgan fingerprint density at radius 3 is 2.31 bits per heavy atom. The predicted molar refractivity (Wildman–Crippen MR) is 58.6 cm³/mol. The number of hydrogen-bond acceptors (Lipinski definition) is 1. The van der Waals surface area contributed by atoms with Crippen molar-refractivity contribution in [3.05, 3.63) is 42.0 Å². The van der Waals surface area contributed by atoms with Crippen LogP contribution in [0.2, 0.25) is 0 Å². The van der Waals surface area contributed by atoms with Crippen LogP contribution >= 0.6 is 0 Å². The molecular weight excluding hydrogens is 158 g/mol. The zero-order valence-corrected chi connectivity index (χ0v) is 8.62. The summed E-state index contributed by atoms with van der Waals surface area (Å²) in [5.41, 5.74) is 2.70. The maximum atomic E-state index is 2.18. The van der Waals surface area contributed by atoms with E-state index in [2.05, 4.69) is 56.3 Å². The van der Waals surface area contributed by atoms with Crippen molar-refractivity contribution in [3.63, 3.8) is 0 Å². The minimum Gasteiger partial charge on any atom is -0.305 e. The lowest BCUT2D eigenvalue weighted by molar-refractivity contribution is 0.463. The van der Waals surface area contributed by atoms with Gasteiger partial charge in [0.25, 0.3) is 0 Å². The second kappa shape index (κ2) is 4.83. The third-order valence-electron chi connectivity index (χ3n) is 1.98. The third-order valence-corrected chi connectivity index (χ3v) is 1.98. The van der Waals surface area contributed by atoms with Crippen LogP contribution in [0.25, 0.3) is 5.57 Å². The Morgan fingerprint density at radius 2 is 1.85 bits per heavy atom. The molecule has 0 aromatic heterocycles. The molecule has 0 fully saturated rings. The van der Waals surface area contributed by atoms with Crippen molar-refractivity contribution in [2.75, 3.05) is 20.6 Å². The summed E-state index contributed by atoms with van der Waals surface area (Å²) in [5.74, 6) is 0. The van der Waals surface area contributed by atoms with E-state index >= 15 is 0 Å². The van der Waals surface area contributed by atoms with Gasteiger partial charge in [-0.25, -0.2) is 0 Å². The highest BCUT2D eigenvalue weighted by Gasteiger charge is 1.99. The van der Waals surface area contributed by atoms with Gasteiger partial charge in [0, 0.05) is 6.54 Å². The van der Waals surface area contributed by atoms with Crippen molar-refractivity contribution < 1.29 is 0 Å². The Balaban J connectivity index is 2.80. The Kier molecular flexibility index (Phi) is 3.71. The molecule has 0 saturated heterocycles. The van der Waals surface area contributed by atoms with Gasteiger partial charge < -0.3 is 4.90 Å². The van der Waals surface area contributed by atoms with E-state index in [1.807, 2.05) is 6.07 Å². The summed E-state index contributed by atoms with van der Waals surface area (Å²) in [4.78, 5) is 2.18. The Morgan fingerprint density at radius 1 is 1.23 bits per heavy atom. The molecule has 0 radical (unpaired) electrons. The van der Waals surface area contributed by atoms with Crippen molar-refractivity contribution in [2.45, 2.75) is 6.92 Å². The predicted octanol–water partition coefficient (Wildman–Crippen LogP) is 2.65. The van der Waals surface area contributed by atoms with Crippen molar-refractivity contribution in [1.82, 2.24) is 4.90 Å². The molecule has 0 amide bonds. The molecule has 0 atom stereocenters. The van der Waals surface area contributed by atoms with Gasteiger partial charge in [0.2, 0.25) is 0 Å². The Labute approximate surface area is 80.7 Å². The normalized spacial score (nSPS) is 12.2. The van der Waals surface area contributed by atoms with Gasteiger partial charge in [-0.1, -0.05) is 36.4 Å². The number of allylic oxidation sites excluding steroid dienone is 1. The average Bonchev–Trinajstić information content (AvgIpc) is 2.15. The lowest BCUT2D eigenvalue weighted by Gasteiger charge is -2.13. The SMILES string of the molecule is C/C=C(\CN(C)C)c1ccccc1. The lowest BCUT2D eigenvalue weighted by Crippen LogP contribution is -2.14. The fourth-order valence-electron chi connectivity index (χ4n) is 1.34. The summed E-state index contributed by atoms with van der Waals surface area (Å²) in [7, 11) is 4.18. The van der Waals surface area contributed by atoms with Crippen LogP contribution in [0, 0.1) is 0 Å². The molecule has 1 nitrogen and oxygen atoms in total. The minimum absolute atomic E-state index is 1.00. The van der Waals surface area contributed by atoms with Crippen LogP contribution in [0.1, 0.15) is 12.5 Å². The van der Waals surface area contributed by atoms with Crippen molar-refractivity contribution in [3.8, 4) is 0 Å². The van der Waals surface area contributed by atoms with Gasteiger partial charge in [-0.3, -0.25) is 0 Å². The lowest BCUT2D eigenvalue weighted by atomic mass is 10.1. The highest BCUT2D eigenvalue weighted by Crippen LogP contribution is 2.13. The molecule has 0 saturated carbocycles. The van der Waals surface area contributed by atoms with Gasteiger partial charge in [0.1, 0.15) is 0 Å². The first-order chi connectivity index (χ1) is 6.24. The largest absolute Gasteiger partial charge is 0.305 e. The molecule has 0 aliphatic rings. The molecule has 13 heavy (non-hydrogen) atoms. The van der Waals surface area contributed by atoms with Crippen molar-refractivity contribution >= 4 is 5.57 Å². The second-order valence-corrected chi connectivity index (χ2v) is 3.42. The van der Waals surface area contributed by atoms with Gasteiger partial charge in [-0.2, -0.15) is 0 Å². The second-order valence-electron chi connectivity index (χ2n) is 3.42. The van der Waals surface area contributed by atoms with E-state index in [0.29, 0.717) is 0 Å². The highest BCUT2D eigenvalue weighted by molar-refractivity contribution is 5.66. The van der Waals surface area contributed by atoms with Crippen LogP contribution in [0.4, 0.5) is 0 Å². The summed E-state index contributed by atoms with van der Waals surface area (Å²) >= 11 is 0. The number of benzene rings is 1. The number of rotatable bonds is 3. The molecule has 0 heterocycles. The van der Waals surface area contributed by atoms with Crippen LogP contribution in [-0.4, -0.2) is 25.5 Å². The van der Waals surface area contributed by atoms with Crippen LogP contribution in [0.5, 0.6) is 0 Å². The van der Waals surface area contributed by atoms with Crippen LogP contribution in [0.3, 0.4) is 0 Å². The maximum Gasteiger partial charge on any atom is 0.0230 e. The topological polar surface area (TPSA) is 3.24 Å². The zero-order valence-electron chi connectivity index (χ0n) is 8.62. The fourth-order valence-corrected chi connectivity index (χ4v) is 1.34. The van der Waals surface area contributed by atoms with E-state index < -0.39 is 0 Å². The average molecular weight is 175 g/mol. The van der Waals surface area contributed by atoms with E-state index in [1.54, 1.807) is 0 Å². The molecule has 1 aromatic carbocycles. The highest BCUT2D eigenvalue weighted by atomic mass is 15.0. The van der Waals surface area contributed by atoms with E-state index in [1.165, 1.54) is 11.1 Å². The molecule has 0 N–H and O–H groups in total. The van der Waals surface area contributed by atoms with Gasteiger partial charge in [0.15, 0.2) is 0 Å². The molecule has 0 bridgehead atoms. The first-order valence-corrected chi connectivity index (χ1v) is 4.59. The smallest absolute Gasteiger partial charge is 0.0230 e. The number of nitrogens with zero attached hydrogens (tertiary/aromatic N) is 1. The number of likely N-dealkylation sites (N-methyl/N-ethyl adjacent to an activating group) is 1. The molecular formula is C12H17N. The summed E-state index contributed by atoms with van der Waals surface area (Å²) in [5, 5.41) is 0. The fraction of sp³-hybridized carbons (Fsp3) is 0.333. The zero-order chi connectivity index (χ0) is 9.68. The van der Waals surface area contributed by atoms with Crippen molar-refractivity contribution in [1.29, 1.82) is 0 Å². The summed E-state index contributed by atoms with van der Waals surface area (Å²) < 4.78 is 0. The minimum atomic E-state index is 1.00. The van der Waals surface area contributed by atoms with E-state index in [-0.39, 0.29) is 0 Å². The monoisotopic (exact) mass is 175 g/mol. The third kappa shape index (κ3) is 3.03. The molecule has 1 heteroatoms. The summed E-state index contributed by atoms with van der Waals surface area (Å²) in [6.07, 6.45) is 2.18. The summed E-state index contributed by atoms with van der Waals surface area (Å²) in [6, 6.07) is 10.5. The standard InChI is InChI=1S/C12H17N/c1-4-11(10-13(2)3)12-8-6-5-7-9-12/h4-9H,10H2,1-3H3/b11-4+. The van der Waals surface area contributed by atoms with E-state index in [9.17, 15) is 0 Å². The van der Waals surface area contributed by atoms with Crippen molar-refractivity contribution in [2.24, 2.45) is 0 Å². The van der Waals surface area contributed by atoms with Gasteiger partial charge in [0.05, 0.1) is 0 Å². The first kappa shape index (κ1) is 10.0. The molecule has 1 aromatic rings. The molecule has 0 aliphatic carbocycles. The van der Waals surface area contributed by atoms with Gasteiger partial charge >= 0.3 is 0 Å². The Hall–Kier alpha value is -1.08. The molecule has 1 rings (SSSR count). The van der Waals surface area contributed by atoms with E-state index in [0.717, 1.165) is 6.54 Å². The molecule has 70 valence electrons. The summed E-state index contributed by atoms with van der Waals surface area (Å²) in [6.45, 7) is 3.09. The molecule has 0 spiro atoms. The first-order valence-electron chi connectivity index (χ1n) is 4.59. The van der Waals surface area contributed by atoms with E-state index in [4.69, 9.17) is 0 Å². The quantitative estimate of drug-likeness (QED) is 0.682. The van der Waals surface area contributed by atoms with Crippen LogP contribution < -0.4 is 0 Å². The Bertz CT molecular complexity index is 272.